The van der Waals surface area contributed by atoms with Gasteiger partial charge < -0.3 is 15.0 Å². The summed E-state index contributed by atoms with van der Waals surface area (Å²) in [6.45, 7) is 4.66. The minimum absolute atomic E-state index is 0.225. The van der Waals surface area contributed by atoms with Gasteiger partial charge in [-0.25, -0.2) is 0 Å². The van der Waals surface area contributed by atoms with Gasteiger partial charge in [-0.2, -0.15) is 5.10 Å². The normalized spacial score (nSPS) is 16.8. The first kappa shape index (κ1) is 24.3. The van der Waals surface area contributed by atoms with Gasteiger partial charge in [0, 0.05) is 24.2 Å². The van der Waals surface area contributed by atoms with E-state index in [1.807, 2.05) is 98.8 Å². The van der Waals surface area contributed by atoms with Gasteiger partial charge >= 0.3 is 0 Å². The fourth-order valence-corrected chi connectivity index (χ4v) is 4.85. The molecule has 1 aliphatic rings. The Labute approximate surface area is 216 Å². The van der Waals surface area contributed by atoms with Crippen molar-refractivity contribution in [2.24, 2.45) is 0 Å². The molecular weight excluding hydrogens is 464 g/mol. The lowest BCUT2D eigenvalue weighted by molar-refractivity contribution is -0.133. The minimum Gasteiger partial charge on any atom is -0.496 e. The summed E-state index contributed by atoms with van der Waals surface area (Å²) in [5.41, 5.74) is 3.87. The number of carbonyl (C=O) groups is 2. The fraction of sp³-hybridized carbons (Fsp3) is 0.233. The number of methoxy groups -OCH3 is 1. The molecule has 7 heteroatoms. The molecule has 0 aliphatic carbocycles. The molecule has 0 bridgehead atoms. The lowest BCUT2D eigenvalue weighted by atomic mass is 9.93. The molecule has 1 unspecified atom stereocenters. The van der Waals surface area contributed by atoms with Gasteiger partial charge in [-0.3, -0.25) is 14.3 Å². The molecule has 1 aliphatic heterocycles. The van der Waals surface area contributed by atoms with Crippen molar-refractivity contribution in [3.8, 4) is 17.0 Å². The number of nitrogens with one attached hydrogen (secondary N) is 1. The van der Waals surface area contributed by atoms with E-state index in [4.69, 9.17) is 9.84 Å². The number of aryl methyl sites for hydroxylation is 1. The third kappa shape index (κ3) is 4.72. The van der Waals surface area contributed by atoms with Crippen molar-refractivity contribution in [2.45, 2.75) is 39.0 Å². The zero-order chi connectivity index (χ0) is 26.0. The van der Waals surface area contributed by atoms with E-state index < -0.39 is 5.54 Å². The fourth-order valence-electron chi connectivity index (χ4n) is 4.85. The van der Waals surface area contributed by atoms with Crippen molar-refractivity contribution in [3.05, 3.63) is 107 Å². The summed E-state index contributed by atoms with van der Waals surface area (Å²) >= 11 is 0. The van der Waals surface area contributed by atoms with Gasteiger partial charge in [-0.15, -0.1) is 0 Å². The molecule has 0 fully saturated rings. The topological polar surface area (TPSA) is 76.5 Å². The van der Waals surface area contributed by atoms with Crippen molar-refractivity contribution < 1.29 is 14.3 Å². The summed E-state index contributed by atoms with van der Waals surface area (Å²) in [7, 11) is 1.61. The third-order valence-corrected chi connectivity index (χ3v) is 6.91. The molecule has 5 rings (SSSR count). The molecule has 1 atom stereocenters. The first-order chi connectivity index (χ1) is 17.9. The van der Waals surface area contributed by atoms with E-state index in [9.17, 15) is 9.59 Å². The van der Waals surface area contributed by atoms with Crippen LogP contribution >= 0.6 is 0 Å². The summed E-state index contributed by atoms with van der Waals surface area (Å²) in [6.07, 6.45) is 0. The van der Waals surface area contributed by atoms with E-state index in [1.165, 1.54) is 0 Å². The number of ether oxygens (including phenoxy) is 1. The Morgan fingerprint density at radius 3 is 2.54 bits per heavy atom. The number of aromatic nitrogens is 2. The van der Waals surface area contributed by atoms with E-state index in [1.54, 1.807) is 16.7 Å². The highest BCUT2D eigenvalue weighted by molar-refractivity contribution is 6.00. The number of amides is 2. The van der Waals surface area contributed by atoms with Crippen LogP contribution in [0.15, 0.2) is 84.9 Å². The van der Waals surface area contributed by atoms with Gasteiger partial charge in [0.05, 0.1) is 19.3 Å². The summed E-state index contributed by atoms with van der Waals surface area (Å²) in [5.74, 6) is 0.227. The van der Waals surface area contributed by atoms with E-state index in [2.05, 4.69) is 5.32 Å². The van der Waals surface area contributed by atoms with Gasteiger partial charge in [0.2, 0.25) is 5.91 Å². The highest BCUT2D eigenvalue weighted by Gasteiger charge is 2.48. The highest BCUT2D eigenvalue weighted by Crippen LogP contribution is 2.32. The van der Waals surface area contributed by atoms with Crippen LogP contribution in [0, 0.1) is 6.92 Å². The molecule has 0 spiro atoms. The van der Waals surface area contributed by atoms with Gasteiger partial charge in [-0.1, -0.05) is 78.4 Å². The van der Waals surface area contributed by atoms with Crippen molar-refractivity contribution in [2.75, 3.05) is 7.11 Å². The lowest BCUT2D eigenvalue weighted by Crippen LogP contribution is -2.63. The van der Waals surface area contributed by atoms with Crippen LogP contribution in [0.2, 0.25) is 0 Å². The molecule has 2 amide bonds. The first-order valence-electron chi connectivity index (χ1n) is 12.3. The standard InChI is InChI=1S/C30H30N4O3/c1-21-10-9-11-22(16-21)19-33-28(35)26-17-25(23-12-5-4-6-13-23)32-34(26)20-30(33,2)29(36)31-18-24-14-7-8-15-27(24)37-3/h4-17H,18-20H2,1-3H3,(H,31,36). The number of para-hydroxylation sites is 1. The minimum atomic E-state index is -1.16. The molecule has 0 saturated carbocycles. The van der Waals surface area contributed by atoms with Crippen LogP contribution in [0.1, 0.15) is 34.1 Å². The number of nitrogens with zero attached hydrogens (tertiary/aromatic N) is 3. The molecule has 1 aromatic heterocycles. The van der Waals surface area contributed by atoms with Crippen molar-refractivity contribution in [3.63, 3.8) is 0 Å². The highest BCUT2D eigenvalue weighted by atomic mass is 16.5. The Hall–Kier alpha value is -4.39. The summed E-state index contributed by atoms with van der Waals surface area (Å²) in [6, 6.07) is 27.1. The summed E-state index contributed by atoms with van der Waals surface area (Å²) in [5, 5.41) is 7.77. The monoisotopic (exact) mass is 494 g/mol. The number of carbonyl (C=O) groups excluding carboxylic acids is 2. The number of rotatable bonds is 7. The van der Waals surface area contributed by atoms with Crippen molar-refractivity contribution in [1.29, 1.82) is 0 Å². The molecule has 2 heterocycles. The maximum absolute atomic E-state index is 13.9. The Morgan fingerprint density at radius 2 is 1.78 bits per heavy atom. The Kier molecular flexibility index (Phi) is 6.53. The van der Waals surface area contributed by atoms with Crippen LogP contribution in [-0.2, 0) is 24.4 Å². The molecular formula is C30H30N4O3. The Morgan fingerprint density at radius 1 is 1.03 bits per heavy atom. The second kappa shape index (κ2) is 9.93. The second-order valence-corrected chi connectivity index (χ2v) is 9.59. The van der Waals surface area contributed by atoms with Crippen LogP contribution < -0.4 is 10.1 Å². The smallest absolute Gasteiger partial charge is 0.273 e. The summed E-state index contributed by atoms with van der Waals surface area (Å²) < 4.78 is 7.10. The molecule has 0 saturated heterocycles. The van der Waals surface area contributed by atoms with Crippen molar-refractivity contribution in [1.82, 2.24) is 20.0 Å². The lowest BCUT2D eigenvalue weighted by Gasteiger charge is -2.43. The van der Waals surface area contributed by atoms with Gasteiger partial charge in [0.1, 0.15) is 17.0 Å². The Balaban J connectivity index is 1.50. The predicted octanol–water partition coefficient (Wildman–Crippen LogP) is 4.60. The van der Waals surface area contributed by atoms with Crippen LogP contribution in [0.3, 0.4) is 0 Å². The van der Waals surface area contributed by atoms with Gasteiger partial charge in [-0.05, 0) is 31.5 Å². The number of hydrogen-bond donors (Lipinski definition) is 1. The first-order valence-corrected chi connectivity index (χ1v) is 12.3. The zero-order valence-electron chi connectivity index (χ0n) is 21.3. The maximum atomic E-state index is 13.9. The molecule has 1 N–H and O–H groups in total. The van der Waals surface area contributed by atoms with E-state index in [0.29, 0.717) is 23.7 Å². The molecule has 0 radical (unpaired) electrons. The van der Waals surface area contributed by atoms with E-state index >= 15 is 0 Å². The number of fused-ring (bicyclic) bond motifs is 1. The SMILES string of the molecule is COc1ccccc1CNC(=O)C1(C)Cn2nc(-c3ccccc3)cc2C(=O)N1Cc1cccc(C)c1. The average molecular weight is 495 g/mol. The van der Waals surface area contributed by atoms with Gasteiger partial charge in [0.25, 0.3) is 5.91 Å². The van der Waals surface area contributed by atoms with Crippen LogP contribution in [-0.4, -0.2) is 39.1 Å². The van der Waals surface area contributed by atoms with Gasteiger partial charge in [0.15, 0.2) is 0 Å². The number of benzene rings is 3. The molecule has 3 aromatic carbocycles. The van der Waals surface area contributed by atoms with Crippen molar-refractivity contribution >= 4 is 11.8 Å². The zero-order valence-corrected chi connectivity index (χ0v) is 21.3. The largest absolute Gasteiger partial charge is 0.496 e. The predicted molar refractivity (Wildman–Crippen MR) is 142 cm³/mol. The average Bonchev–Trinajstić information content (AvgIpc) is 3.34. The van der Waals surface area contributed by atoms with E-state index in [-0.39, 0.29) is 24.9 Å². The third-order valence-electron chi connectivity index (χ3n) is 6.91. The van der Waals surface area contributed by atoms with Crippen LogP contribution in [0.25, 0.3) is 11.3 Å². The van der Waals surface area contributed by atoms with Crippen LogP contribution in [0.5, 0.6) is 5.75 Å². The summed E-state index contributed by atoms with van der Waals surface area (Å²) in [4.78, 5) is 29.4. The Bertz CT molecular complexity index is 1450. The van der Waals surface area contributed by atoms with E-state index in [0.717, 1.165) is 22.3 Å². The molecule has 37 heavy (non-hydrogen) atoms. The molecule has 4 aromatic rings. The molecule has 188 valence electrons. The number of hydrogen-bond acceptors (Lipinski definition) is 4. The maximum Gasteiger partial charge on any atom is 0.273 e. The second-order valence-electron chi connectivity index (χ2n) is 9.59. The molecule has 7 nitrogen and oxygen atoms in total. The quantitative estimate of drug-likeness (QED) is 0.408. The van der Waals surface area contributed by atoms with Crippen LogP contribution in [0.4, 0.5) is 0 Å².